The molecule has 1 aromatic heterocycles. The molecule has 0 spiro atoms. The average Bonchev–Trinajstić information content (AvgIpc) is 2.97. The lowest BCUT2D eigenvalue weighted by Crippen LogP contribution is -3.13. The van der Waals surface area contributed by atoms with E-state index in [1.165, 1.54) is 13.0 Å². The Kier molecular flexibility index (Phi) is 6.64. The molecule has 0 radical (unpaired) electrons. The first kappa shape index (κ1) is 21.0. The summed E-state index contributed by atoms with van der Waals surface area (Å²) in [6.45, 7) is 9.43. The minimum absolute atomic E-state index is 0.0396. The van der Waals surface area contributed by atoms with Gasteiger partial charge in [0.2, 0.25) is 0 Å². The first-order valence-electron chi connectivity index (χ1n) is 10.3. The third kappa shape index (κ3) is 5.00. The molecule has 0 bridgehead atoms. The van der Waals surface area contributed by atoms with E-state index in [1.54, 1.807) is 23.4 Å². The second-order valence-electron chi connectivity index (χ2n) is 7.88. The van der Waals surface area contributed by atoms with E-state index in [0.717, 1.165) is 31.5 Å². The molecule has 1 aromatic carbocycles. The average molecular weight is 401 g/mol. The van der Waals surface area contributed by atoms with Gasteiger partial charge in [0.1, 0.15) is 11.4 Å². The number of likely N-dealkylation sites (tertiary alicyclic amines) is 1. The molecule has 29 heavy (non-hydrogen) atoms. The Balaban J connectivity index is 1.58. The van der Waals surface area contributed by atoms with Crippen LogP contribution in [0.5, 0.6) is 0 Å². The molecule has 0 saturated carbocycles. The van der Waals surface area contributed by atoms with Crippen LogP contribution in [0.2, 0.25) is 0 Å². The molecule has 0 aliphatic carbocycles. The van der Waals surface area contributed by atoms with Crippen LogP contribution in [-0.4, -0.2) is 46.3 Å². The van der Waals surface area contributed by atoms with Crippen LogP contribution in [0.1, 0.15) is 53.5 Å². The van der Waals surface area contributed by atoms with E-state index < -0.39 is 4.92 Å². The predicted molar refractivity (Wildman–Crippen MR) is 110 cm³/mol. The van der Waals surface area contributed by atoms with E-state index in [4.69, 9.17) is 0 Å². The summed E-state index contributed by atoms with van der Waals surface area (Å²) in [5.41, 5.74) is 2.59. The van der Waals surface area contributed by atoms with Crippen LogP contribution in [-0.2, 0) is 6.54 Å². The summed E-state index contributed by atoms with van der Waals surface area (Å²) in [6, 6.07) is 7.62. The largest absolute Gasteiger partial charge is 0.349 e. The number of carbonyl (C=O) groups is 1. The summed E-state index contributed by atoms with van der Waals surface area (Å²) in [5.74, 6) is -0.0396. The van der Waals surface area contributed by atoms with Gasteiger partial charge in [0, 0.05) is 24.4 Å². The number of nitrogens with zero attached hydrogens (tertiary/aromatic N) is 3. The van der Waals surface area contributed by atoms with E-state index in [-0.39, 0.29) is 17.6 Å². The molecule has 8 heteroatoms. The number of benzene rings is 1. The molecule has 156 valence electrons. The number of aromatic nitrogens is 2. The van der Waals surface area contributed by atoms with Crippen molar-refractivity contribution in [2.24, 2.45) is 0 Å². The van der Waals surface area contributed by atoms with Crippen LogP contribution < -0.4 is 10.2 Å². The predicted octanol–water partition coefficient (Wildman–Crippen LogP) is 1.64. The first-order valence-corrected chi connectivity index (χ1v) is 10.3. The number of aryl methyl sites for hydroxylation is 1. The second kappa shape index (κ2) is 9.17. The van der Waals surface area contributed by atoms with Crippen LogP contribution in [0, 0.1) is 24.0 Å². The third-order valence-corrected chi connectivity index (χ3v) is 5.71. The molecule has 2 heterocycles. The molecule has 2 aromatic rings. The topological polar surface area (TPSA) is 94.5 Å². The highest BCUT2D eigenvalue weighted by Crippen LogP contribution is 2.22. The summed E-state index contributed by atoms with van der Waals surface area (Å²) in [6.07, 6.45) is 3.25. The number of quaternary nitrogens is 1. The van der Waals surface area contributed by atoms with Gasteiger partial charge in [-0.15, -0.1) is 0 Å². The number of carbonyl (C=O) groups excluding carboxylic acids is 1. The Bertz CT molecular complexity index is 867. The summed E-state index contributed by atoms with van der Waals surface area (Å²) >= 11 is 0. The minimum Gasteiger partial charge on any atom is -0.349 e. The fraction of sp³-hybridized carbons (Fsp3) is 0.524. The smallest absolute Gasteiger partial charge is 0.312 e. The highest BCUT2D eigenvalue weighted by Gasteiger charge is 2.24. The standard InChI is InChI=1S/C21H29N5O3/c1-4-11-24-12-9-19(10-13-24)22-21(27)18-7-5-17(6-8-18)14-25-16(3)20(26(28)29)15(2)23-25/h5-8,19H,4,9-14H2,1-3H3,(H,22,27)/p+1. The summed E-state index contributed by atoms with van der Waals surface area (Å²) < 4.78 is 1.63. The van der Waals surface area contributed by atoms with Crippen molar-refractivity contribution in [2.45, 2.75) is 52.6 Å². The highest BCUT2D eigenvalue weighted by atomic mass is 16.6. The molecule has 8 nitrogen and oxygen atoms in total. The number of hydrogen-bond donors (Lipinski definition) is 2. The van der Waals surface area contributed by atoms with Gasteiger partial charge >= 0.3 is 5.69 Å². The number of amides is 1. The van der Waals surface area contributed by atoms with Gasteiger partial charge in [0.15, 0.2) is 0 Å². The minimum atomic E-state index is -0.393. The monoisotopic (exact) mass is 400 g/mol. The van der Waals surface area contributed by atoms with E-state index in [1.807, 2.05) is 24.3 Å². The van der Waals surface area contributed by atoms with Gasteiger partial charge in [0.05, 0.1) is 31.1 Å². The van der Waals surface area contributed by atoms with Crippen molar-refractivity contribution >= 4 is 11.6 Å². The lowest BCUT2D eigenvalue weighted by atomic mass is 10.0. The summed E-state index contributed by atoms with van der Waals surface area (Å²) in [5, 5.41) is 18.6. The van der Waals surface area contributed by atoms with E-state index in [2.05, 4.69) is 17.3 Å². The van der Waals surface area contributed by atoms with Crippen molar-refractivity contribution in [1.82, 2.24) is 15.1 Å². The number of nitro groups is 1. The molecule has 1 saturated heterocycles. The Hall–Kier alpha value is -2.74. The maximum atomic E-state index is 12.6. The first-order chi connectivity index (χ1) is 13.9. The molecule has 0 unspecified atom stereocenters. The van der Waals surface area contributed by atoms with E-state index in [9.17, 15) is 14.9 Å². The molecule has 2 N–H and O–H groups in total. The van der Waals surface area contributed by atoms with Crippen molar-refractivity contribution in [3.05, 3.63) is 56.9 Å². The lowest BCUT2D eigenvalue weighted by Gasteiger charge is -2.29. The molecule has 3 rings (SSSR count). The van der Waals surface area contributed by atoms with Crippen molar-refractivity contribution in [3.8, 4) is 0 Å². The van der Waals surface area contributed by atoms with Crippen molar-refractivity contribution in [2.75, 3.05) is 19.6 Å². The number of rotatable bonds is 7. The van der Waals surface area contributed by atoms with Crippen molar-refractivity contribution < 1.29 is 14.6 Å². The Labute approximate surface area is 171 Å². The van der Waals surface area contributed by atoms with Gasteiger partial charge in [-0.25, -0.2) is 0 Å². The van der Waals surface area contributed by atoms with Crippen LogP contribution >= 0.6 is 0 Å². The number of piperidine rings is 1. The molecular formula is C21H30N5O3+. The van der Waals surface area contributed by atoms with Gasteiger partial charge in [0.25, 0.3) is 5.91 Å². The van der Waals surface area contributed by atoms with Crippen LogP contribution in [0.4, 0.5) is 5.69 Å². The Morgan fingerprint density at radius 1 is 1.28 bits per heavy atom. The zero-order chi connectivity index (χ0) is 21.0. The van der Waals surface area contributed by atoms with Gasteiger partial charge in [-0.1, -0.05) is 19.1 Å². The molecule has 1 aliphatic rings. The van der Waals surface area contributed by atoms with Gasteiger partial charge in [-0.3, -0.25) is 19.6 Å². The van der Waals surface area contributed by atoms with Crippen molar-refractivity contribution in [1.29, 1.82) is 0 Å². The van der Waals surface area contributed by atoms with E-state index in [0.29, 0.717) is 23.5 Å². The zero-order valence-corrected chi connectivity index (χ0v) is 17.4. The second-order valence-corrected chi connectivity index (χ2v) is 7.88. The quantitative estimate of drug-likeness (QED) is 0.546. The van der Waals surface area contributed by atoms with Crippen molar-refractivity contribution in [3.63, 3.8) is 0 Å². The Morgan fingerprint density at radius 3 is 2.48 bits per heavy atom. The van der Waals surface area contributed by atoms with Crippen LogP contribution in [0.25, 0.3) is 0 Å². The van der Waals surface area contributed by atoms with Crippen LogP contribution in [0.3, 0.4) is 0 Å². The fourth-order valence-electron chi connectivity index (χ4n) is 4.08. The molecule has 0 atom stereocenters. The number of hydrogen-bond acceptors (Lipinski definition) is 4. The normalized spacial score (nSPS) is 19.1. The zero-order valence-electron chi connectivity index (χ0n) is 17.4. The SMILES string of the molecule is CCC[NH+]1CCC(NC(=O)c2ccc(Cn3nc(C)c([N+](=O)[O-])c3C)cc2)CC1. The third-order valence-electron chi connectivity index (χ3n) is 5.71. The maximum absolute atomic E-state index is 12.6. The van der Waals surface area contributed by atoms with E-state index >= 15 is 0 Å². The molecule has 1 amide bonds. The molecule has 1 aliphatic heterocycles. The molecule has 1 fully saturated rings. The molecular weight excluding hydrogens is 370 g/mol. The maximum Gasteiger partial charge on any atom is 0.312 e. The van der Waals surface area contributed by atoms with Crippen LogP contribution in [0.15, 0.2) is 24.3 Å². The number of nitrogens with one attached hydrogen (secondary N) is 2. The summed E-state index contributed by atoms with van der Waals surface area (Å²) in [7, 11) is 0. The highest BCUT2D eigenvalue weighted by molar-refractivity contribution is 5.94. The van der Waals surface area contributed by atoms with Gasteiger partial charge < -0.3 is 10.2 Å². The fourth-order valence-corrected chi connectivity index (χ4v) is 4.08. The Morgan fingerprint density at radius 2 is 1.93 bits per heavy atom. The summed E-state index contributed by atoms with van der Waals surface area (Å²) in [4.78, 5) is 24.9. The van der Waals surface area contributed by atoms with Gasteiger partial charge in [-0.05, 0) is 38.0 Å². The lowest BCUT2D eigenvalue weighted by molar-refractivity contribution is -0.905. The van der Waals surface area contributed by atoms with Gasteiger partial charge in [-0.2, -0.15) is 5.10 Å².